The number of aromatic nitrogens is 1. The maximum Gasteiger partial charge on any atom is 0.309 e. The van der Waals surface area contributed by atoms with Gasteiger partial charge in [0, 0.05) is 17.3 Å². The quantitative estimate of drug-likeness (QED) is 0.738. The molecule has 2 saturated carbocycles. The van der Waals surface area contributed by atoms with Gasteiger partial charge in [0.15, 0.2) is 0 Å². The molecule has 152 valence electrons. The summed E-state index contributed by atoms with van der Waals surface area (Å²) in [5.41, 5.74) is 2.16. The van der Waals surface area contributed by atoms with Gasteiger partial charge in [-0.1, -0.05) is 55.7 Å². The summed E-state index contributed by atoms with van der Waals surface area (Å²) >= 11 is 0. The average molecular weight is 392 g/mol. The molecular formula is C25H29NO3. The molecule has 1 saturated heterocycles. The second-order valence-electron chi connectivity index (χ2n) is 9.08. The van der Waals surface area contributed by atoms with Crippen molar-refractivity contribution in [2.75, 3.05) is 0 Å². The Balaban J connectivity index is 1.47. The molecule has 1 aromatic heterocycles. The Morgan fingerprint density at radius 3 is 2.76 bits per heavy atom. The van der Waals surface area contributed by atoms with Crippen LogP contribution in [0.2, 0.25) is 0 Å². The van der Waals surface area contributed by atoms with Gasteiger partial charge in [-0.05, 0) is 55.4 Å². The molecule has 1 aromatic carbocycles. The molecule has 6 unspecified atom stereocenters. The van der Waals surface area contributed by atoms with Crippen LogP contribution < -0.4 is 0 Å². The van der Waals surface area contributed by atoms with Crippen molar-refractivity contribution in [1.82, 2.24) is 4.98 Å². The van der Waals surface area contributed by atoms with Crippen LogP contribution in [0.25, 0.3) is 17.3 Å². The molecule has 29 heavy (non-hydrogen) atoms. The minimum Gasteiger partial charge on any atom is -0.462 e. The molecule has 3 fully saturated rings. The Bertz CT molecular complexity index is 917. The number of rotatable bonds is 3. The Morgan fingerprint density at radius 2 is 1.93 bits per heavy atom. The van der Waals surface area contributed by atoms with Crippen molar-refractivity contribution in [3.63, 3.8) is 0 Å². The van der Waals surface area contributed by atoms with Crippen molar-refractivity contribution in [3.05, 3.63) is 54.2 Å². The van der Waals surface area contributed by atoms with Crippen LogP contribution in [0.1, 0.15) is 44.7 Å². The van der Waals surface area contributed by atoms with E-state index in [1.807, 2.05) is 43.3 Å². The van der Waals surface area contributed by atoms with Crippen molar-refractivity contribution >= 4 is 12.0 Å². The van der Waals surface area contributed by atoms with Gasteiger partial charge in [-0.25, -0.2) is 0 Å². The van der Waals surface area contributed by atoms with Gasteiger partial charge in [-0.3, -0.25) is 4.79 Å². The summed E-state index contributed by atoms with van der Waals surface area (Å²) in [6.45, 7) is 1.94. The van der Waals surface area contributed by atoms with Crippen LogP contribution in [0.5, 0.6) is 0 Å². The van der Waals surface area contributed by atoms with Crippen LogP contribution >= 0.6 is 0 Å². The molecule has 2 N–H and O–H groups in total. The highest BCUT2D eigenvalue weighted by Gasteiger charge is 2.60. The predicted octanol–water partition coefficient (Wildman–Crippen LogP) is 4.81. The fourth-order valence-corrected chi connectivity index (χ4v) is 6.18. The van der Waals surface area contributed by atoms with Crippen molar-refractivity contribution in [2.24, 2.45) is 23.7 Å². The van der Waals surface area contributed by atoms with E-state index in [0.29, 0.717) is 5.92 Å². The summed E-state index contributed by atoms with van der Waals surface area (Å²) in [4.78, 5) is 15.9. The van der Waals surface area contributed by atoms with E-state index in [-0.39, 0.29) is 29.8 Å². The normalized spacial score (nSPS) is 36.6. The number of aliphatic hydroxyl groups is 1. The van der Waals surface area contributed by atoms with Crippen LogP contribution in [0.15, 0.2) is 48.5 Å². The highest BCUT2D eigenvalue weighted by atomic mass is 16.6. The maximum atomic E-state index is 12.5. The van der Waals surface area contributed by atoms with Gasteiger partial charge in [0.2, 0.25) is 0 Å². The third-order valence-corrected chi connectivity index (χ3v) is 7.46. The van der Waals surface area contributed by atoms with E-state index in [1.54, 1.807) is 0 Å². The first-order chi connectivity index (χ1) is 14.1. The first-order valence-corrected chi connectivity index (χ1v) is 10.9. The van der Waals surface area contributed by atoms with Crippen LogP contribution in [-0.2, 0) is 9.53 Å². The number of H-pyrrole nitrogens is 1. The number of fused-ring (bicyclic) bond motifs is 2. The number of hydrogen-bond acceptors (Lipinski definition) is 3. The zero-order valence-electron chi connectivity index (χ0n) is 16.9. The van der Waals surface area contributed by atoms with Gasteiger partial charge < -0.3 is 14.8 Å². The van der Waals surface area contributed by atoms with Crippen LogP contribution in [0, 0.1) is 23.7 Å². The van der Waals surface area contributed by atoms with Crippen LogP contribution in [0.3, 0.4) is 0 Å². The van der Waals surface area contributed by atoms with Crippen molar-refractivity contribution < 1.29 is 14.6 Å². The molecule has 1 aliphatic heterocycles. The van der Waals surface area contributed by atoms with Crippen LogP contribution in [0.4, 0.5) is 0 Å². The molecule has 3 aliphatic rings. The molecule has 2 aliphatic carbocycles. The van der Waals surface area contributed by atoms with Crippen molar-refractivity contribution in [3.8, 4) is 11.3 Å². The molecule has 0 amide bonds. The van der Waals surface area contributed by atoms with E-state index in [4.69, 9.17) is 4.74 Å². The highest BCUT2D eigenvalue weighted by Crippen LogP contribution is 2.55. The van der Waals surface area contributed by atoms with E-state index in [9.17, 15) is 9.90 Å². The third-order valence-electron chi connectivity index (χ3n) is 7.46. The minimum atomic E-state index is -1.00. The summed E-state index contributed by atoms with van der Waals surface area (Å²) in [6.07, 6.45) is 9.06. The molecule has 5 rings (SSSR count). The predicted molar refractivity (Wildman–Crippen MR) is 113 cm³/mol. The van der Waals surface area contributed by atoms with E-state index in [0.717, 1.165) is 42.6 Å². The fourth-order valence-electron chi connectivity index (χ4n) is 6.18. The minimum absolute atomic E-state index is 0.121. The summed E-state index contributed by atoms with van der Waals surface area (Å²) in [6, 6.07) is 14.3. The van der Waals surface area contributed by atoms with Gasteiger partial charge in [-0.2, -0.15) is 0 Å². The summed E-state index contributed by atoms with van der Waals surface area (Å²) in [5, 5.41) is 12.0. The van der Waals surface area contributed by atoms with Crippen molar-refractivity contribution in [1.29, 1.82) is 0 Å². The Morgan fingerprint density at radius 1 is 1.14 bits per heavy atom. The molecule has 0 spiro atoms. The number of aromatic amines is 1. The van der Waals surface area contributed by atoms with Gasteiger partial charge in [-0.15, -0.1) is 0 Å². The first kappa shape index (κ1) is 18.7. The lowest BCUT2D eigenvalue weighted by molar-refractivity contribution is -0.145. The molecular weight excluding hydrogens is 362 g/mol. The SMILES string of the molecule is CC1OC(=O)C2CC3CCCCC3C(O)(/C=C/c3ccc(-c4ccccc4)[nH]3)C12. The second kappa shape index (κ2) is 7.17. The molecule has 2 aromatic rings. The van der Waals surface area contributed by atoms with E-state index in [1.165, 1.54) is 6.42 Å². The highest BCUT2D eigenvalue weighted by molar-refractivity contribution is 5.76. The standard InChI is InChI=1S/C25H29NO3/c1-16-23-20(24(27)29-16)15-18-9-5-6-10-21(18)25(23,28)14-13-19-11-12-22(26-19)17-7-3-2-4-8-17/h2-4,7-8,11-14,16,18,20-21,23,26,28H,5-6,9-10,15H2,1H3/b14-13+. The number of carbonyl (C=O) groups excluding carboxylic acids is 1. The summed E-state index contributed by atoms with van der Waals surface area (Å²) in [7, 11) is 0. The Labute approximate surface area is 172 Å². The number of ether oxygens (including phenoxy) is 1. The molecule has 4 nitrogen and oxygen atoms in total. The molecule has 4 heteroatoms. The summed E-state index contributed by atoms with van der Waals surface area (Å²) in [5.74, 6) is 0.150. The first-order valence-electron chi connectivity index (χ1n) is 10.9. The lowest BCUT2D eigenvalue weighted by atomic mass is 9.55. The Hall–Kier alpha value is -2.33. The lowest BCUT2D eigenvalue weighted by Gasteiger charge is -2.51. The number of cyclic esters (lactones) is 1. The summed E-state index contributed by atoms with van der Waals surface area (Å²) < 4.78 is 5.58. The monoisotopic (exact) mass is 391 g/mol. The number of esters is 1. The topological polar surface area (TPSA) is 62.3 Å². The fraction of sp³-hybridized carbons (Fsp3) is 0.480. The van der Waals surface area contributed by atoms with E-state index < -0.39 is 5.60 Å². The molecule has 2 heterocycles. The van der Waals surface area contributed by atoms with Crippen LogP contribution in [-0.4, -0.2) is 27.8 Å². The van der Waals surface area contributed by atoms with E-state index in [2.05, 4.69) is 23.2 Å². The largest absolute Gasteiger partial charge is 0.462 e. The molecule has 0 radical (unpaired) electrons. The number of carbonyl (C=O) groups is 1. The smallest absolute Gasteiger partial charge is 0.309 e. The molecule has 0 bridgehead atoms. The average Bonchev–Trinajstić information content (AvgIpc) is 3.32. The zero-order valence-corrected chi connectivity index (χ0v) is 16.9. The second-order valence-corrected chi connectivity index (χ2v) is 9.08. The number of benzene rings is 1. The maximum absolute atomic E-state index is 12.5. The number of nitrogens with one attached hydrogen (secondary N) is 1. The van der Waals surface area contributed by atoms with Gasteiger partial charge in [0.25, 0.3) is 0 Å². The molecule has 6 atom stereocenters. The van der Waals surface area contributed by atoms with Gasteiger partial charge >= 0.3 is 5.97 Å². The number of hydrogen-bond donors (Lipinski definition) is 2. The van der Waals surface area contributed by atoms with E-state index >= 15 is 0 Å². The zero-order chi connectivity index (χ0) is 20.0. The third kappa shape index (κ3) is 3.14. The Kier molecular flexibility index (Phi) is 4.62. The van der Waals surface area contributed by atoms with Gasteiger partial charge in [0.05, 0.1) is 11.5 Å². The van der Waals surface area contributed by atoms with Gasteiger partial charge in [0.1, 0.15) is 6.10 Å². The van der Waals surface area contributed by atoms with Crippen molar-refractivity contribution in [2.45, 2.75) is 50.7 Å². The lowest BCUT2D eigenvalue weighted by Crippen LogP contribution is -2.56.